The summed E-state index contributed by atoms with van der Waals surface area (Å²) in [5.41, 5.74) is 7.62. The third-order valence-electron chi connectivity index (χ3n) is 2.95. The molecule has 0 amide bonds. The highest BCUT2D eigenvalue weighted by Gasteiger charge is 2.30. The number of thiophene rings is 1. The van der Waals surface area contributed by atoms with Crippen LogP contribution in [0.1, 0.15) is 5.82 Å². The van der Waals surface area contributed by atoms with Crippen LogP contribution in [0.5, 0.6) is 0 Å². The monoisotopic (exact) mass is 309 g/mol. The summed E-state index contributed by atoms with van der Waals surface area (Å²) >= 11 is 1.26. The number of alkyl halides is 3. The van der Waals surface area contributed by atoms with E-state index in [0.717, 1.165) is 11.1 Å². The van der Waals surface area contributed by atoms with Crippen molar-refractivity contribution in [1.29, 1.82) is 0 Å². The van der Waals surface area contributed by atoms with Crippen LogP contribution in [-0.2, 0) is 6.42 Å². The number of benzene rings is 1. The summed E-state index contributed by atoms with van der Waals surface area (Å²) in [6.07, 6.45) is -5.52. The van der Waals surface area contributed by atoms with Crippen LogP contribution in [0.2, 0.25) is 0 Å². The van der Waals surface area contributed by atoms with Crippen molar-refractivity contribution in [3.05, 3.63) is 41.5 Å². The maximum atomic E-state index is 12.4. The highest BCUT2D eigenvalue weighted by atomic mass is 32.1. The van der Waals surface area contributed by atoms with E-state index in [2.05, 4.69) is 9.97 Å². The molecule has 2 aromatic heterocycles. The van der Waals surface area contributed by atoms with Gasteiger partial charge in [-0.25, -0.2) is 9.97 Å². The van der Waals surface area contributed by atoms with Gasteiger partial charge in [-0.3, -0.25) is 0 Å². The van der Waals surface area contributed by atoms with Gasteiger partial charge in [-0.05, 0) is 5.56 Å². The molecule has 7 heteroatoms. The van der Waals surface area contributed by atoms with Crippen LogP contribution >= 0.6 is 11.3 Å². The summed E-state index contributed by atoms with van der Waals surface area (Å²) in [7, 11) is 0. The normalized spacial score (nSPS) is 12.0. The molecule has 1 aromatic carbocycles. The fourth-order valence-electron chi connectivity index (χ4n) is 2.10. The maximum Gasteiger partial charge on any atom is 0.396 e. The molecule has 0 atom stereocenters. The van der Waals surface area contributed by atoms with Gasteiger partial charge in [0.25, 0.3) is 0 Å². The molecule has 0 fully saturated rings. The topological polar surface area (TPSA) is 51.8 Å². The molecule has 21 heavy (non-hydrogen) atoms. The van der Waals surface area contributed by atoms with E-state index in [9.17, 15) is 13.2 Å². The van der Waals surface area contributed by atoms with Crippen LogP contribution in [-0.4, -0.2) is 16.1 Å². The SMILES string of the molecule is Nc1nc(CC(F)(F)F)nc2scc(-c3ccccc3)c12. The zero-order chi connectivity index (χ0) is 15.0. The highest BCUT2D eigenvalue weighted by molar-refractivity contribution is 7.17. The van der Waals surface area contributed by atoms with E-state index in [1.54, 1.807) is 0 Å². The minimum atomic E-state index is -4.35. The lowest BCUT2D eigenvalue weighted by Crippen LogP contribution is -2.14. The first-order chi connectivity index (χ1) is 9.94. The van der Waals surface area contributed by atoms with Crippen molar-refractivity contribution in [2.24, 2.45) is 0 Å². The van der Waals surface area contributed by atoms with Crippen molar-refractivity contribution in [2.75, 3.05) is 5.73 Å². The van der Waals surface area contributed by atoms with Gasteiger partial charge in [-0.1, -0.05) is 30.3 Å². The Morgan fingerprint density at radius 1 is 1.10 bits per heavy atom. The average Bonchev–Trinajstić information content (AvgIpc) is 2.82. The Balaban J connectivity index is 2.12. The number of nitrogen functional groups attached to an aromatic ring is 1. The summed E-state index contributed by atoms with van der Waals surface area (Å²) in [5.74, 6) is -0.215. The maximum absolute atomic E-state index is 12.4. The summed E-state index contributed by atoms with van der Waals surface area (Å²) in [6.45, 7) is 0. The number of fused-ring (bicyclic) bond motifs is 1. The standard InChI is InChI=1S/C14H10F3N3S/c15-14(16,17)6-10-19-12(18)11-9(7-21-13(11)20-10)8-4-2-1-3-5-8/h1-5,7H,6H2,(H2,18,19,20). The van der Waals surface area contributed by atoms with Crippen LogP contribution in [0, 0.1) is 0 Å². The molecule has 3 aromatic rings. The molecule has 0 aliphatic heterocycles. The summed E-state index contributed by atoms with van der Waals surface area (Å²) < 4.78 is 37.3. The van der Waals surface area contributed by atoms with E-state index in [1.165, 1.54) is 11.3 Å². The lowest BCUT2D eigenvalue weighted by molar-refractivity contribution is -0.128. The molecular formula is C14H10F3N3S. The second-order valence-corrected chi connectivity index (χ2v) is 5.37. The number of hydrogen-bond donors (Lipinski definition) is 1. The minimum absolute atomic E-state index is 0.0827. The third-order valence-corrected chi connectivity index (χ3v) is 3.82. The van der Waals surface area contributed by atoms with Gasteiger partial charge >= 0.3 is 6.18 Å². The fraction of sp³-hybridized carbons (Fsp3) is 0.143. The van der Waals surface area contributed by atoms with Crippen LogP contribution in [0.4, 0.5) is 19.0 Å². The first-order valence-electron chi connectivity index (χ1n) is 6.10. The number of nitrogens with two attached hydrogens (primary N) is 1. The van der Waals surface area contributed by atoms with E-state index in [0.29, 0.717) is 10.2 Å². The van der Waals surface area contributed by atoms with Gasteiger partial charge in [0.1, 0.15) is 22.9 Å². The lowest BCUT2D eigenvalue weighted by Gasteiger charge is -2.07. The first-order valence-corrected chi connectivity index (χ1v) is 6.98. The van der Waals surface area contributed by atoms with Gasteiger partial charge in [-0.15, -0.1) is 11.3 Å². The van der Waals surface area contributed by atoms with Gasteiger partial charge in [-0.2, -0.15) is 13.2 Å². The van der Waals surface area contributed by atoms with Crippen LogP contribution in [0.25, 0.3) is 21.3 Å². The average molecular weight is 309 g/mol. The Morgan fingerprint density at radius 3 is 2.48 bits per heavy atom. The van der Waals surface area contributed by atoms with Crippen LogP contribution in [0.3, 0.4) is 0 Å². The van der Waals surface area contributed by atoms with Crippen molar-refractivity contribution in [3.8, 4) is 11.1 Å². The third kappa shape index (κ3) is 2.82. The molecule has 0 unspecified atom stereocenters. The Labute approximate surface area is 122 Å². The predicted molar refractivity (Wildman–Crippen MR) is 77.0 cm³/mol. The van der Waals surface area contributed by atoms with Gasteiger partial charge in [0, 0.05) is 10.9 Å². The van der Waals surface area contributed by atoms with E-state index in [4.69, 9.17) is 5.73 Å². The number of halogens is 3. The Kier molecular flexibility index (Phi) is 3.29. The van der Waals surface area contributed by atoms with E-state index in [-0.39, 0.29) is 11.6 Å². The second-order valence-electron chi connectivity index (χ2n) is 4.51. The van der Waals surface area contributed by atoms with Gasteiger partial charge < -0.3 is 5.73 Å². The van der Waals surface area contributed by atoms with Gasteiger partial charge in [0.2, 0.25) is 0 Å². The molecule has 0 aliphatic carbocycles. The summed E-state index contributed by atoms with van der Waals surface area (Å²) in [6, 6.07) is 9.47. The molecule has 108 valence electrons. The largest absolute Gasteiger partial charge is 0.396 e. The number of anilines is 1. The minimum Gasteiger partial charge on any atom is -0.383 e. The van der Waals surface area contributed by atoms with Gasteiger partial charge in [0.15, 0.2) is 0 Å². The molecular weight excluding hydrogens is 299 g/mol. The Bertz CT molecular complexity index is 781. The molecule has 3 rings (SSSR count). The molecule has 0 spiro atoms. The number of rotatable bonds is 2. The number of aromatic nitrogens is 2. The number of nitrogens with zero attached hydrogens (tertiary/aromatic N) is 2. The van der Waals surface area contributed by atoms with Crippen molar-refractivity contribution in [3.63, 3.8) is 0 Å². The molecule has 2 N–H and O–H groups in total. The Hall–Kier alpha value is -2.15. The molecule has 2 heterocycles. The van der Waals surface area contributed by atoms with Crippen molar-refractivity contribution < 1.29 is 13.2 Å². The van der Waals surface area contributed by atoms with Crippen LogP contribution in [0.15, 0.2) is 35.7 Å². The van der Waals surface area contributed by atoms with E-state index >= 15 is 0 Å². The van der Waals surface area contributed by atoms with E-state index < -0.39 is 12.6 Å². The molecule has 0 bridgehead atoms. The lowest BCUT2D eigenvalue weighted by atomic mass is 10.1. The second kappa shape index (κ2) is 5.00. The molecule has 0 radical (unpaired) electrons. The molecule has 0 aliphatic rings. The molecule has 3 nitrogen and oxygen atoms in total. The zero-order valence-corrected chi connectivity index (χ0v) is 11.5. The predicted octanol–water partition coefficient (Wildman–Crippen LogP) is 4.05. The van der Waals surface area contributed by atoms with Crippen molar-refractivity contribution >= 4 is 27.4 Å². The summed E-state index contributed by atoms with van der Waals surface area (Å²) in [4.78, 5) is 8.25. The first kappa shape index (κ1) is 13.8. The smallest absolute Gasteiger partial charge is 0.383 e. The zero-order valence-electron chi connectivity index (χ0n) is 10.7. The highest BCUT2D eigenvalue weighted by Crippen LogP contribution is 2.36. The quantitative estimate of drug-likeness (QED) is 0.777. The fourth-order valence-corrected chi connectivity index (χ4v) is 3.08. The Morgan fingerprint density at radius 2 is 1.81 bits per heavy atom. The molecule has 0 saturated carbocycles. The van der Waals surface area contributed by atoms with Crippen molar-refractivity contribution in [2.45, 2.75) is 12.6 Å². The summed E-state index contributed by atoms with van der Waals surface area (Å²) in [5, 5.41) is 2.44. The van der Waals surface area contributed by atoms with E-state index in [1.807, 2.05) is 35.7 Å². The number of hydrogen-bond acceptors (Lipinski definition) is 4. The molecule has 0 saturated heterocycles. The van der Waals surface area contributed by atoms with Crippen molar-refractivity contribution in [1.82, 2.24) is 9.97 Å². The van der Waals surface area contributed by atoms with Crippen LogP contribution < -0.4 is 5.73 Å². The van der Waals surface area contributed by atoms with Gasteiger partial charge in [0.05, 0.1) is 5.39 Å².